The maximum atomic E-state index is 12.1. The lowest BCUT2D eigenvalue weighted by Crippen LogP contribution is -2.11. The number of carbonyl (C=O) groups is 1. The van der Waals surface area contributed by atoms with Gasteiger partial charge in [-0.1, -0.05) is 57.1 Å². The van der Waals surface area contributed by atoms with E-state index in [2.05, 4.69) is 31.4 Å². The standard InChI is InChI=1S/C16H11BrClN3OS/c17-12-5-1-3-10(7-12)8-14-20-21-16(23-14)19-15(22)11-4-2-6-13(18)9-11/h1-7,9H,8H2,(H,19,21,22). The molecule has 0 saturated heterocycles. The van der Waals surface area contributed by atoms with Gasteiger partial charge < -0.3 is 0 Å². The van der Waals surface area contributed by atoms with Crippen molar-refractivity contribution in [1.82, 2.24) is 10.2 Å². The highest BCUT2D eigenvalue weighted by molar-refractivity contribution is 9.10. The largest absolute Gasteiger partial charge is 0.296 e. The fourth-order valence-electron chi connectivity index (χ4n) is 2.00. The molecule has 0 aliphatic heterocycles. The van der Waals surface area contributed by atoms with Crippen LogP contribution in [0.5, 0.6) is 0 Å². The average Bonchev–Trinajstić information content (AvgIpc) is 2.94. The highest BCUT2D eigenvalue weighted by Crippen LogP contribution is 2.21. The van der Waals surface area contributed by atoms with Crippen molar-refractivity contribution in [3.63, 3.8) is 0 Å². The first-order valence-electron chi connectivity index (χ1n) is 6.74. The molecule has 1 N–H and O–H groups in total. The van der Waals surface area contributed by atoms with Crippen molar-refractivity contribution in [3.8, 4) is 0 Å². The van der Waals surface area contributed by atoms with Crippen LogP contribution in [0.25, 0.3) is 0 Å². The molecule has 23 heavy (non-hydrogen) atoms. The van der Waals surface area contributed by atoms with Crippen LogP contribution in [0.1, 0.15) is 20.9 Å². The lowest BCUT2D eigenvalue weighted by Gasteiger charge is -2.01. The van der Waals surface area contributed by atoms with Crippen LogP contribution in [0.3, 0.4) is 0 Å². The van der Waals surface area contributed by atoms with E-state index in [1.165, 1.54) is 11.3 Å². The molecule has 4 nitrogen and oxygen atoms in total. The van der Waals surface area contributed by atoms with Crippen LogP contribution >= 0.6 is 38.9 Å². The second-order valence-electron chi connectivity index (χ2n) is 4.77. The summed E-state index contributed by atoms with van der Waals surface area (Å²) in [5, 5.41) is 12.7. The van der Waals surface area contributed by atoms with Gasteiger partial charge in [0.2, 0.25) is 5.13 Å². The Morgan fingerprint density at radius 3 is 2.78 bits per heavy atom. The van der Waals surface area contributed by atoms with E-state index >= 15 is 0 Å². The second kappa shape index (κ2) is 7.21. The third-order valence-electron chi connectivity index (χ3n) is 3.02. The Balaban J connectivity index is 1.68. The molecule has 0 radical (unpaired) electrons. The van der Waals surface area contributed by atoms with Gasteiger partial charge in [0.1, 0.15) is 5.01 Å². The number of benzene rings is 2. The first-order chi connectivity index (χ1) is 11.1. The van der Waals surface area contributed by atoms with Gasteiger partial charge in [-0.2, -0.15) is 0 Å². The molecule has 0 aliphatic carbocycles. The maximum Gasteiger partial charge on any atom is 0.257 e. The Labute approximate surface area is 150 Å². The summed E-state index contributed by atoms with van der Waals surface area (Å²) < 4.78 is 1.02. The summed E-state index contributed by atoms with van der Waals surface area (Å²) in [6.07, 6.45) is 0.671. The Morgan fingerprint density at radius 1 is 1.17 bits per heavy atom. The third kappa shape index (κ3) is 4.37. The van der Waals surface area contributed by atoms with Crippen LogP contribution in [0.2, 0.25) is 5.02 Å². The highest BCUT2D eigenvalue weighted by Gasteiger charge is 2.11. The van der Waals surface area contributed by atoms with Crippen molar-refractivity contribution in [1.29, 1.82) is 0 Å². The van der Waals surface area contributed by atoms with E-state index in [4.69, 9.17) is 11.6 Å². The molecule has 3 rings (SSSR count). The molecule has 7 heteroatoms. The fourth-order valence-corrected chi connectivity index (χ4v) is 3.40. The summed E-state index contributed by atoms with van der Waals surface area (Å²) >= 11 is 10.7. The van der Waals surface area contributed by atoms with E-state index in [0.29, 0.717) is 22.1 Å². The van der Waals surface area contributed by atoms with E-state index in [1.54, 1.807) is 24.3 Å². The van der Waals surface area contributed by atoms with E-state index < -0.39 is 0 Å². The minimum atomic E-state index is -0.252. The van der Waals surface area contributed by atoms with Crippen molar-refractivity contribution < 1.29 is 4.79 Å². The monoisotopic (exact) mass is 407 g/mol. The maximum absolute atomic E-state index is 12.1. The summed E-state index contributed by atoms with van der Waals surface area (Å²) in [6, 6.07) is 14.8. The van der Waals surface area contributed by atoms with E-state index in [-0.39, 0.29) is 5.91 Å². The van der Waals surface area contributed by atoms with Crippen LogP contribution in [0, 0.1) is 0 Å². The number of nitrogens with one attached hydrogen (secondary N) is 1. The zero-order valence-corrected chi connectivity index (χ0v) is 15.0. The number of carbonyl (C=O) groups excluding carboxylic acids is 1. The molecule has 2 aromatic carbocycles. The Hall–Kier alpha value is -1.76. The number of hydrogen-bond acceptors (Lipinski definition) is 4. The lowest BCUT2D eigenvalue weighted by atomic mass is 10.2. The van der Waals surface area contributed by atoms with Gasteiger partial charge >= 0.3 is 0 Å². The van der Waals surface area contributed by atoms with Crippen LogP contribution in [-0.2, 0) is 6.42 Å². The number of rotatable bonds is 4. The van der Waals surface area contributed by atoms with E-state index in [9.17, 15) is 4.79 Å². The van der Waals surface area contributed by atoms with Gasteiger partial charge in [0.25, 0.3) is 5.91 Å². The van der Waals surface area contributed by atoms with E-state index in [1.807, 2.05) is 24.3 Å². The van der Waals surface area contributed by atoms with Gasteiger partial charge in [-0.25, -0.2) is 0 Å². The van der Waals surface area contributed by atoms with Crippen LogP contribution in [0.15, 0.2) is 53.0 Å². The van der Waals surface area contributed by atoms with Crippen LogP contribution in [0.4, 0.5) is 5.13 Å². The topological polar surface area (TPSA) is 54.9 Å². The molecule has 0 bridgehead atoms. The zero-order valence-electron chi connectivity index (χ0n) is 11.8. The third-order valence-corrected chi connectivity index (χ3v) is 4.59. The van der Waals surface area contributed by atoms with Crippen LogP contribution < -0.4 is 5.32 Å². The molecule has 3 aromatic rings. The minimum absolute atomic E-state index is 0.252. The predicted molar refractivity (Wildman–Crippen MR) is 96.3 cm³/mol. The molecule has 1 aromatic heterocycles. The summed E-state index contributed by atoms with van der Waals surface area (Å²) in [5.74, 6) is -0.252. The number of anilines is 1. The predicted octanol–water partition coefficient (Wildman–Crippen LogP) is 4.80. The highest BCUT2D eigenvalue weighted by atomic mass is 79.9. The van der Waals surface area contributed by atoms with Crippen molar-refractivity contribution in [2.24, 2.45) is 0 Å². The molecule has 0 atom stereocenters. The quantitative estimate of drug-likeness (QED) is 0.675. The molecule has 0 unspecified atom stereocenters. The zero-order chi connectivity index (χ0) is 16.2. The lowest BCUT2D eigenvalue weighted by molar-refractivity contribution is 0.102. The molecular weight excluding hydrogens is 398 g/mol. The molecule has 116 valence electrons. The first-order valence-corrected chi connectivity index (χ1v) is 8.72. The molecule has 1 amide bonds. The second-order valence-corrected chi connectivity index (χ2v) is 7.19. The van der Waals surface area contributed by atoms with Crippen molar-refractivity contribution >= 4 is 49.9 Å². The van der Waals surface area contributed by atoms with Gasteiger partial charge in [-0.3, -0.25) is 10.1 Å². The molecule has 0 saturated carbocycles. The molecule has 1 heterocycles. The van der Waals surface area contributed by atoms with Gasteiger partial charge in [-0.05, 0) is 35.9 Å². The van der Waals surface area contributed by atoms with Gasteiger partial charge in [0, 0.05) is 21.5 Å². The molecule has 0 aliphatic rings. The molecular formula is C16H11BrClN3OS. The summed E-state index contributed by atoms with van der Waals surface area (Å²) in [7, 11) is 0. The smallest absolute Gasteiger partial charge is 0.257 e. The average molecular weight is 409 g/mol. The van der Waals surface area contributed by atoms with Crippen molar-refractivity contribution in [2.75, 3.05) is 5.32 Å². The first kappa shape index (κ1) is 16.1. The van der Waals surface area contributed by atoms with Crippen molar-refractivity contribution in [2.45, 2.75) is 6.42 Å². The fraction of sp³-hybridized carbons (Fsp3) is 0.0625. The number of halogens is 2. The van der Waals surface area contributed by atoms with E-state index in [0.717, 1.165) is 15.0 Å². The SMILES string of the molecule is O=C(Nc1nnc(Cc2cccc(Br)c2)s1)c1cccc(Cl)c1. The van der Waals surface area contributed by atoms with Crippen LogP contribution in [-0.4, -0.2) is 16.1 Å². The minimum Gasteiger partial charge on any atom is -0.296 e. The van der Waals surface area contributed by atoms with Gasteiger partial charge in [0.05, 0.1) is 0 Å². The summed E-state index contributed by atoms with van der Waals surface area (Å²) in [5.41, 5.74) is 1.62. The summed E-state index contributed by atoms with van der Waals surface area (Å²) in [4.78, 5) is 12.1. The number of hydrogen-bond donors (Lipinski definition) is 1. The van der Waals surface area contributed by atoms with Crippen molar-refractivity contribution in [3.05, 3.63) is 74.2 Å². The number of amides is 1. The van der Waals surface area contributed by atoms with Gasteiger partial charge in [-0.15, -0.1) is 10.2 Å². The Morgan fingerprint density at radius 2 is 2.00 bits per heavy atom. The van der Waals surface area contributed by atoms with Gasteiger partial charge in [0.15, 0.2) is 0 Å². The summed E-state index contributed by atoms with van der Waals surface area (Å²) in [6.45, 7) is 0. The number of aromatic nitrogens is 2. The molecule has 0 spiro atoms. The Bertz CT molecular complexity index is 853. The Kier molecular flexibility index (Phi) is 5.05. The normalized spacial score (nSPS) is 10.5. The number of nitrogens with zero attached hydrogens (tertiary/aromatic N) is 2. The molecule has 0 fully saturated rings.